The Kier molecular flexibility index (Phi) is 37.0. The van der Waals surface area contributed by atoms with E-state index in [0.717, 1.165) is 64.2 Å². The number of hydrogen-bond donors (Lipinski definition) is 0. The fourth-order valence-electron chi connectivity index (χ4n) is 5.69. The van der Waals surface area contributed by atoms with Crippen LogP contribution in [0.5, 0.6) is 0 Å². The molecule has 0 heterocycles. The maximum Gasteiger partial charge on any atom is 0.306 e. The van der Waals surface area contributed by atoms with Gasteiger partial charge in [0, 0.05) is 19.3 Å². The number of carbonyl (C=O) groups is 3. The van der Waals surface area contributed by atoms with Gasteiger partial charge in [0.2, 0.25) is 0 Å². The van der Waals surface area contributed by atoms with Crippen LogP contribution in [0.2, 0.25) is 0 Å². The van der Waals surface area contributed by atoms with E-state index in [-0.39, 0.29) is 55.5 Å². The molecule has 0 aromatic carbocycles. The van der Waals surface area contributed by atoms with Gasteiger partial charge in [-0.2, -0.15) is 0 Å². The van der Waals surface area contributed by atoms with Gasteiger partial charge in [-0.3, -0.25) is 9.59 Å². The second kappa shape index (κ2) is 39.8. The molecule has 0 spiro atoms. The molecule has 2 atom stereocenters. The number of hydrogen-bond acceptors (Lipinski definition) is 7. The van der Waals surface area contributed by atoms with Crippen LogP contribution in [-0.4, -0.2) is 75.5 Å². The van der Waals surface area contributed by atoms with E-state index in [4.69, 9.17) is 14.2 Å². The molecule has 0 aromatic rings. The average molecular weight is 806 g/mol. The first kappa shape index (κ1) is 54.0. The number of carbonyl (C=O) groups excluding carboxylic acids is 3. The smallest absolute Gasteiger partial charge is 0.306 e. The van der Waals surface area contributed by atoms with Gasteiger partial charge in [-0.25, -0.2) is 0 Å². The number of esters is 2. The van der Waals surface area contributed by atoms with Gasteiger partial charge in [-0.05, 0) is 57.8 Å². The van der Waals surface area contributed by atoms with Crippen LogP contribution in [0.3, 0.4) is 0 Å². The van der Waals surface area contributed by atoms with Crippen LogP contribution in [0.15, 0.2) is 109 Å². The van der Waals surface area contributed by atoms with Crippen molar-refractivity contribution in [3.8, 4) is 0 Å². The summed E-state index contributed by atoms with van der Waals surface area (Å²) in [7, 11) is 5.37. The molecule has 0 aliphatic heterocycles. The summed E-state index contributed by atoms with van der Waals surface area (Å²) in [4.78, 5) is 36.9. The Balaban J connectivity index is 4.51. The lowest BCUT2D eigenvalue weighted by atomic mass is 10.1. The number of carboxylic acids is 1. The zero-order valence-corrected chi connectivity index (χ0v) is 36.9. The zero-order valence-electron chi connectivity index (χ0n) is 36.9. The topological polar surface area (TPSA) is 102 Å². The summed E-state index contributed by atoms with van der Waals surface area (Å²) < 4.78 is 17.1. The molecular weight excluding hydrogens is 727 g/mol. The molecule has 0 aliphatic rings. The van der Waals surface area contributed by atoms with E-state index in [1.165, 1.54) is 32.1 Å². The normalized spacial score (nSPS) is 14.0. The highest BCUT2D eigenvalue weighted by Gasteiger charge is 2.25. The van der Waals surface area contributed by atoms with E-state index in [0.29, 0.717) is 6.42 Å². The van der Waals surface area contributed by atoms with Crippen molar-refractivity contribution in [1.29, 1.82) is 0 Å². The van der Waals surface area contributed by atoms with Gasteiger partial charge >= 0.3 is 11.9 Å². The summed E-state index contributed by atoms with van der Waals surface area (Å²) in [5.41, 5.74) is 0. The van der Waals surface area contributed by atoms with Crippen molar-refractivity contribution in [3.63, 3.8) is 0 Å². The van der Waals surface area contributed by atoms with Crippen LogP contribution in [-0.2, 0) is 28.6 Å². The number of likely N-dealkylation sites (N-methyl/N-ethyl adjacent to an activating group) is 1. The van der Waals surface area contributed by atoms with E-state index in [1.54, 1.807) is 21.1 Å². The molecule has 0 saturated carbocycles. The van der Waals surface area contributed by atoms with Gasteiger partial charge in [0.15, 0.2) is 6.10 Å². The lowest BCUT2D eigenvalue weighted by Gasteiger charge is -2.34. The third-order valence-corrected chi connectivity index (χ3v) is 9.12. The molecule has 2 unspecified atom stereocenters. The highest BCUT2D eigenvalue weighted by Crippen LogP contribution is 2.12. The number of ether oxygens (including phenoxy) is 3. The molecule has 0 rings (SSSR count). The fraction of sp³-hybridized carbons (Fsp3) is 0.580. The molecule has 326 valence electrons. The first-order valence-corrected chi connectivity index (χ1v) is 22.0. The highest BCUT2D eigenvalue weighted by atomic mass is 16.6. The number of carboxylic acid groups (broad SMARTS) is 1. The fourth-order valence-corrected chi connectivity index (χ4v) is 5.69. The summed E-state index contributed by atoms with van der Waals surface area (Å²) in [5.74, 6) is -1.83. The number of rotatable bonds is 37. The van der Waals surface area contributed by atoms with E-state index in [1.807, 2.05) is 72.9 Å². The van der Waals surface area contributed by atoms with E-state index < -0.39 is 18.1 Å². The monoisotopic (exact) mass is 806 g/mol. The van der Waals surface area contributed by atoms with Crippen molar-refractivity contribution in [2.45, 2.75) is 148 Å². The first-order chi connectivity index (χ1) is 28.1. The van der Waals surface area contributed by atoms with Crippen LogP contribution >= 0.6 is 0 Å². The Hall–Kier alpha value is -4.01. The molecular formula is C50H79NO7. The third kappa shape index (κ3) is 37.6. The van der Waals surface area contributed by atoms with Crippen molar-refractivity contribution in [2.75, 3.05) is 41.0 Å². The SMILES string of the molecule is CC/C=C/C=C/C=C/C=C/C=C/C=C/C=C/CCCCCC(=O)OCC(COCCC(C(=O)[O-])[N+](C)(C)C)OC(=O)CCCCCCCC/C=C/C=C/CCCCC. The largest absolute Gasteiger partial charge is 0.544 e. The number of nitrogens with zero attached hydrogens (tertiary/aromatic N) is 1. The predicted octanol–water partition coefficient (Wildman–Crippen LogP) is 10.7. The van der Waals surface area contributed by atoms with Gasteiger partial charge in [0.25, 0.3) is 0 Å². The second-order valence-corrected chi connectivity index (χ2v) is 15.4. The van der Waals surface area contributed by atoms with E-state index in [9.17, 15) is 19.5 Å². The molecule has 0 aromatic heterocycles. The number of allylic oxidation sites excluding steroid dienone is 18. The van der Waals surface area contributed by atoms with Crippen molar-refractivity contribution in [2.24, 2.45) is 0 Å². The molecule has 0 saturated heterocycles. The van der Waals surface area contributed by atoms with E-state index >= 15 is 0 Å². The third-order valence-electron chi connectivity index (χ3n) is 9.12. The van der Waals surface area contributed by atoms with Crippen LogP contribution in [0.4, 0.5) is 0 Å². The van der Waals surface area contributed by atoms with E-state index in [2.05, 4.69) is 50.3 Å². The molecule has 0 radical (unpaired) electrons. The Labute approximate surface area is 353 Å². The summed E-state index contributed by atoms with van der Waals surface area (Å²) in [6.45, 7) is 4.39. The summed E-state index contributed by atoms with van der Waals surface area (Å²) in [6.07, 6.45) is 53.9. The van der Waals surface area contributed by atoms with Crippen molar-refractivity contribution >= 4 is 17.9 Å². The second-order valence-electron chi connectivity index (χ2n) is 15.4. The van der Waals surface area contributed by atoms with Crippen molar-refractivity contribution in [3.05, 3.63) is 109 Å². The summed E-state index contributed by atoms with van der Waals surface area (Å²) in [6, 6.07) is -0.742. The Morgan fingerprint density at radius 1 is 0.534 bits per heavy atom. The lowest BCUT2D eigenvalue weighted by Crippen LogP contribution is -2.55. The van der Waals surface area contributed by atoms with Crippen LogP contribution in [0.25, 0.3) is 0 Å². The summed E-state index contributed by atoms with van der Waals surface area (Å²) >= 11 is 0. The molecule has 0 fully saturated rings. The Morgan fingerprint density at radius 2 is 0.966 bits per heavy atom. The minimum Gasteiger partial charge on any atom is -0.544 e. The van der Waals surface area contributed by atoms with Crippen molar-refractivity contribution < 1.29 is 38.2 Å². The maximum atomic E-state index is 12.7. The van der Waals surface area contributed by atoms with Gasteiger partial charge in [-0.1, -0.05) is 168 Å². The van der Waals surface area contributed by atoms with Crippen LogP contribution < -0.4 is 5.11 Å². The standard InChI is InChI=1S/C50H79NO7/c1-6-8-10-12-14-16-18-20-22-23-24-25-27-28-30-32-34-36-38-40-48(52)57-45-46(44-56-43-42-47(50(54)55)51(3,4)5)58-49(53)41-39-37-35-33-31-29-26-21-19-17-15-13-11-9-7-2/h8,10,12,14-25,27-28,30,46-47H,6-7,9,11,13,26,29,31-45H2,1-5H3/b10-8+,14-12+,17-15+,18-16+,21-19+,22-20+,24-23+,27-25+,30-28+. The number of quaternary nitrogens is 1. The minimum absolute atomic E-state index is 0.0128. The van der Waals surface area contributed by atoms with Crippen molar-refractivity contribution in [1.82, 2.24) is 0 Å². The highest BCUT2D eigenvalue weighted by molar-refractivity contribution is 5.70. The quantitative estimate of drug-likeness (QED) is 0.0267. The Bertz CT molecular complexity index is 1310. The molecule has 0 aliphatic carbocycles. The number of aliphatic carboxylic acids is 1. The molecule has 8 heteroatoms. The molecule has 0 amide bonds. The van der Waals surface area contributed by atoms with Crippen LogP contribution in [0, 0.1) is 0 Å². The molecule has 0 bridgehead atoms. The first-order valence-electron chi connectivity index (χ1n) is 22.0. The average Bonchev–Trinajstić information content (AvgIpc) is 3.18. The van der Waals surface area contributed by atoms with Gasteiger partial charge in [-0.15, -0.1) is 0 Å². The van der Waals surface area contributed by atoms with Gasteiger partial charge in [0.1, 0.15) is 12.6 Å². The molecule has 58 heavy (non-hydrogen) atoms. The minimum atomic E-state index is -1.14. The lowest BCUT2D eigenvalue weighted by molar-refractivity contribution is -0.889. The number of unbranched alkanes of at least 4 members (excludes halogenated alkanes) is 12. The predicted molar refractivity (Wildman–Crippen MR) is 240 cm³/mol. The van der Waals surface area contributed by atoms with Gasteiger partial charge in [0.05, 0.1) is 40.3 Å². The molecule has 8 nitrogen and oxygen atoms in total. The molecule has 0 N–H and O–H groups in total. The van der Waals surface area contributed by atoms with Gasteiger partial charge < -0.3 is 28.6 Å². The maximum absolute atomic E-state index is 12.7. The zero-order chi connectivity index (χ0) is 42.8. The Morgan fingerprint density at radius 3 is 1.47 bits per heavy atom. The summed E-state index contributed by atoms with van der Waals surface area (Å²) in [5, 5.41) is 11.6. The van der Waals surface area contributed by atoms with Crippen LogP contribution in [0.1, 0.15) is 136 Å².